The number of aryl methyl sites for hydroxylation is 1. The molecule has 150 valence electrons. The van der Waals surface area contributed by atoms with Gasteiger partial charge in [-0.1, -0.05) is 60.1 Å². The molecule has 3 aromatic carbocycles. The summed E-state index contributed by atoms with van der Waals surface area (Å²) >= 11 is 6.12. The van der Waals surface area contributed by atoms with Crippen LogP contribution in [0.25, 0.3) is 0 Å². The van der Waals surface area contributed by atoms with Gasteiger partial charge in [0.05, 0.1) is 10.7 Å². The molecule has 5 nitrogen and oxygen atoms in total. The summed E-state index contributed by atoms with van der Waals surface area (Å²) in [6.45, 7) is 2.24. The van der Waals surface area contributed by atoms with Gasteiger partial charge in [0.2, 0.25) is 0 Å². The number of benzene rings is 3. The van der Waals surface area contributed by atoms with Gasteiger partial charge in [0.1, 0.15) is 4.90 Å². The Labute approximate surface area is 175 Å². The van der Waals surface area contributed by atoms with E-state index in [1.54, 1.807) is 25.1 Å². The summed E-state index contributed by atoms with van der Waals surface area (Å²) in [6.07, 6.45) is 0.681. The zero-order chi connectivity index (χ0) is 20.9. The van der Waals surface area contributed by atoms with Gasteiger partial charge in [-0.15, -0.1) is 0 Å². The van der Waals surface area contributed by atoms with Gasteiger partial charge >= 0.3 is 0 Å². The minimum atomic E-state index is -3.95. The van der Waals surface area contributed by atoms with E-state index in [9.17, 15) is 13.2 Å². The maximum Gasteiger partial charge on any atom is 0.263 e. The molecule has 7 heteroatoms. The zero-order valence-electron chi connectivity index (χ0n) is 15.9. The van der Waals surface area contributed by atoms with Crippen molar-refractivity contribution in [1.29, 1.82) is 0 Å². The molecular formula is C22H21ClN2O3S. The second kappa shape index (κ2) is 9.11. The summed E-state index contributed by atoms with van der Waals surface area (Å²) in [4.78, 5) is 12.3. The molecule has 0 aromatic heterocycles. The lowest BCUT2D eigenvalue weighted by Crippen LogP contribution is -2.26. The number of anilines is 1. The van der Waals surface area contributed by atoms with Gasteiger partial charge in [0.15, 0.2) is 0 Å². The molecule has 0 spiro atoms. The highest BCUT2D eigenvalue weighted by Gasteiger charge is 2.21. The highest BCUT2D eigenvalue weighted by Crippen LogP contribution is 2.26. The van der Waals surface area contributed by atoms with Crippen LogP contribution < -0.4 is 10.0 Å². The Morgan fingerprint density at radius 1 is 0.966 bits per heavy atom. The number of hydrogen-bond acceptors (Lipinski definition) is 3. The van der Waals surface area contributed by atoms with E-state index in [-0.39, 0.29) is 21.4 Å². The number of rotatable bonds is 7. The first-order valence-corrected chi connectivity index (χ1v) is 10.9. The zero-order valence-corrected chi connectivity index (χ0v) is 17.4. The number of para-hydroxylation sites is 1. The molecule has 0 bridgehead atoms. The number of hydrogen-bond donors (Lipinski definition) is 2. The number of carbonyl (C=O) groups excluding carboxylic acids is 1. The number of carbonyl (C=O) groups is 1. The fourth-order valence-corrected chi connectivity index (χ4v) is 4.46. The maximum absolute atomic E-state index is 12.8. The fraction of sp³-hybridized carbons (Fsp3) is 0.136. The molecule has 0 saturated carbocycles. The van der Waals surface area contributed by atoms with Crippen molar-refractivity contribution in [3.63, 3.8) is 0 Å². The summed E-state index contributed by atoms with van der Waals surface area (Å²) in [5.74, 6) is -0.357. The smallest absolute Gasteiger partial charge is 0.263 e. The van der Waals surface area contributed by atoms with Crippen LogP contribution in [-0.2, 0) is 16.4 Å². The molecule has 3 rings (SSSR count). The summed E-state index contributed by atoms with van der Waals surface area (Å²) in [6, 6.07) is 21.0. The number of nitrogens with one attached hydrogen (secondary N) is 2. The Morgan fingerprint density at radius 2 is 1.66 bits per heavy atom. The van der Waals surface area contributed by atoms with E-state index < -0.39 is 10.0 Å². The number of amides is 1. The predicted octanol–water partition coefficient (Wildman–Crippen LogP) is 4.42. The third-order valence-electron chi connectivity index (χ3n) is 4.41. The van der Waals surface area contributed by atoms with Crippen LogP contribution in [0.5, 0.6) is 0 Å². The lowest BCUT2D eigenvalue weighted by Gasteiger charge is -2.13. The van der Waals surface area contributed by atoms with Gasteiger partial charge in [0, 0.05) is 12.1 Å². The van der Waals surface area contributed by atoms with Crippen LogP contribution in [0.1, 0.15) is 21.5 Å². The van der Waals surface area contributed by atoms with Crippen molar-refractivity contribution in [3.05, 3.63) is 94.5 Å². The van der Waals surface area contributed by atoms with E-state index in [1.807, 2.05) is 36.4 Å². The molecule has 2 N–H and O–H groups in total. The Bertz CT molecular complexity index is 1120. The van der Waals surface area contributed by atoms with E-state index in [0.717, 1.165) is 11.1 Å². The highest BCUT2D eigenvalue weighted by molar-refractivity contribution is 7.92. The molecule has 0 aliphatic carbocycles. The molecule has 0 heterocycles. The van der Waals surface area contributed by atoms with Gasteiger partial charge in [-0.25, -0.2) is 8.42 Å². The lowest BCUT2D eigenvalue weighted by molar-refractivity contribution is 0.0954. The van der Waals surface area contributed by atoms with Crippen LogP contribution in [0.4, 0.5) is 5.69 Å². The van der Waals surface area contributed by atoms with Crippen molar-refractivity contribution in [2.24, 2.45) is 0 Å². The highest BCUT2D eigenvalue weighted by atomic mass is 35.5. The van der Waals surface area contributed by atoms with Gasteiger partial charge in [-0.05, 0) is 48.7 Å². The molecule has 1 amide bonds. The third kappa shape index (κ3) is 5.37. The van der Waals surface area contributed by atoms with Crippen molar-refractivity contribution in [2.75, 3.05) is 11.3 Å². The molecule has 0 aliphatic heterocycles. The van der Waals surface area contributed by atoms with Gasteiger partial charge in [0.25, 0.3) is 15.9 Å². The van der Waals surface area contributed by atoms with E-state index in [1.165, 1.54) is 18.2 Å². The topological polar surface area (TPSA) is 75.3 Å². The molecule has 0 aliphatic rings. The van der Waals surface area contributed by atoms with Crippen molar-refractivity contribution < 1.29 is 13.2 Å². The Hall–Kier alpha value is -2.83. The lowest BCUT2D eigenvalue weighted by atomic mass is 10.1. The quantitative estimate of drug-likeness (QED) is 0.584. The van der Waals surface area contributed by atoms with Gasteiger partial charge < -0.3 is 5.32 Å². The van der Waals surface area contributed by atoms with Crippen LogP contribution in [0.3, 0.4) is 0 Å². The predicted molar refractivity (Wildman–Crippen MR) is 116 cm³/mol. The Kier molecular flexibility index (Phi) is 6.56. The molecule has 0 radical (unpaired) electrons. The van der Waals surface area contributed by atoms with E-state index in [4.69, 9.17) is 11.6 Å². The van der Waals surface area contributed by atoms with Crippen LogP contribution in [0, 0.1) is 6.92 Å². The van der Waals surface area contributed by atoms with Crippen LogP contribution in [0.2, 0.25) is 5.02 Å². The molecule has 29 heavy (non-hydrogen) atoms. The van der Waals surface area contributed by atoms with Crippen molar-refractivity contribution in [1.82, 2.24) is 5.32 Å². The maximum atomic E-state index is 12.8. The molecule has 0 atom stereocenters. The van der Waals surface area contributed by atoms with Crippen LogP contribution >= 0.6 is 11.6 Å². The van der Waals surface area contributed by atoms with Crippen LogP contribution in [-0.4, -0.2) is 20.9 Å². The van der Waals surface area contributed by atoms with Gasteiger partial charge in [-0.3, -0.25) is 9.52 Å². The minimum Gasteiger partial charge on any atom is -0.352 e. The van der Waals surface area contributed by atoms with Crippen LogP contribution in [0.15, 0.2) is 77.7 Å². The molecule has 0 fully saturated rings. The average molecular weight is 429 g/mol. The van der Waals surface area contributed by atoms with E-state index in [0.29, 0.717) is 18.7 Å². The molecule has 3 aromatic rings. The second-order valence-electron chi connectivity index (χ2n) is 6.56. The number of halogens is 1. The monoisotopic (exact) mass is 428 g/mol. The van der Waals surface area contributed by atoms with Gasteiger partial charge in [-0.2, -0.15) is 0 Å². The Balaban J connectivity index is 1.75. The Morgan fingerprint density at radius 3 is 2.38 bits per heavy atom. The standard InChI is InChI=1S/C22H21ClN2O3S/c1-16-7-5-6-10-20(16)25-29(27,28)21-15-18(11-12-19(21)23)22(26)24-14-13-17-8-3-2-4-9-17/h2-12,15,25H,13-14H2,1H3,(H,24,26). The van der Waals surface area contributed by atoms with Crippen molar-refractivity contribution in [2.45, 2.75) is 18.2 Å². The summed E-state index contributed by atoms with van der Waals surface area (Å²) < 4.78 is 28.2. The van der Waals surface area contributed by atoms with Crippen molar-refractivity contribution in [3.8, 4) is 0 Å². The molecule has 0 saturated heterocycles. The van der Waals surface area contributed by atoms with Crippen molar-refractivity contribution >= 4 is 33.2 Å². The minimum absolute atomic E-state index is 0.0481. The normalized spacial score (nSPS) is 11.1. The first kappa shape index (κ1) is 20.9. The SMILES string of the molecule is Cc1ccccc1NS(=O)(=O)c1cc(C(=O)NCCc2ccccc2)ccc1Cl. The fourth-order valence-electron chi connectivity index (χ4n) is 2.80. The third-order valence-corrected chi connectivity index (χ3v) is 6.26. The summed E-state index contributed by atoms with van der Waals surface area (Å²) in [5.41, 5.74) is 2.57. The molecular weight excluding hydrogens is 408 g/mol. The number of sulfonamides is 1. The second-order valence-corrected chi connectivity index (χ2v) is 8.62. The largest absolute Gasteiger partial charge is 0.352 e. The molecule has 0 unspecified atom stereocenters. The first-order valence-electron chi connectivity index (χ1n) is 9.07. The summed E-state index contributed by atoms with van der Waals surface area (Å²) in [5, 5.41) is 2.86. The average Bonchev–Trinajstić information content (AvgIpc) is 2.70. The first-order chi connectivity index (χ1) is 13.9. The van der Waals surface area contributed by atoms with E-state index >= 15 is 0 Å². The van der Waals surface area contributed by atoms with E-state index in [2.05, 4.69) is 10.0 Å². The summed E-state index contributed by atoms with van der Waals surface area (Å²) in [7, 11) is -3.95.